The van der Waals surface area contributed by atoms with Crippen molar-refractivity contribution < 1.29 is 14.6 Å². The van der Waals surface area contributed by atoms with E-state index >= 15 is 0 Å². The van der Waals surface area contributed by atoms with Gasteiger partial charge in [-0.1, -0.05) is 194 Å². The third-order valence-electron chi connectivity index (χ3n) is 8.50. The van der Waals surface area contributed by atoms with Crippen molar-refractivity contribution >= 4 is 9.90 Å². The summed E-state index contributed by atoms with van der Waals surface area (Å²) in [6.07, 6.45) is 41.4. The van der Waals surface area contributed by atoms with Gasteiger partial charge in [-0.3, -0.25) is 0 Å². The quantitative estimate of drug-likeness (QED) is 0.0572. The summed E-state index contributed by atoms with van der Waals surface area (Å²) in [5.41, 5.74) is 0. The Hall–Kier alpha value is 0.310. The molecular weight excluding hydrogens is 523 g/mol. The first-order valence-electron chi connectivity index (χ1n) is 18.6. The van der Waals surface area contributed by atoms with E-state index in [1.54, 1.807) is 0 Å². The molecule has 0 saturated heterocycles. The van der Waals surface area contributed by atoms with E-state index in [1.165, 1.54) is 180 Å². The molecule has 4 heteroatoms. The summed E-state index contributed by atoms with van der Waals surface area (Å²) in [4.78, 5) is 0. The van der Waals surface area contributed by atoms with Gasteiger partial charge >= 0.3 is 0 Å². The highest BCUT2D eigenvalue weighted by Gasteiger charge is 2.07. The number of aliphatic hydroxyl groups is 1. The van der Waals surface area contributed by atoms with Gasteiger partial charge in [0, 0.05) is 13.2 Å². The van der Waals surface area contributed by atoms with Crippen LogP contribution in [-0.2, 0) is 9.47 Å². The van der Waals surface area contributed by atoms with E-state index in [0.717, 1.165) is 26.1 Å². The van der Waals surface area contributed by atoms with Crippen molar-refractivity contribution in [3.63, 3.8) is 0 Å². The molecule has 250 valence electrons. The highest BCUT2D eigenvalue weighted by molar-refractivity contribution is 6.92. The third-order valence-corrected chi connectivity index (χ3v) is 8.50. The molecule has 3 nitrogen and oxygen atoms in total. The Morgan fingerprint density at radius 1 is 0.390 bits per heavy atom. The minimum atomic E-state index is -0.150. The fourth-order valence-corrected chi connectivity index (χ4v) is 5.67. The summed E-state index contributed by atoms with van der Waals surface area (Å²) in [6, 6.07) is 0. The average Bonchev–Trinajstić information content (AvgIpc) is 2.97. The van der Waals surface area contributed by atoms with E-state index < -0.39 is 0 Å². The van der Waals surface area contributed by atoms with Crippen LogP contribution >= 0.6 is 9.90 Å². The van der Waals surface area contributed by atoms with Crippen LogP contribution in [0.3, 0.4) is 0 Å². The molecular formula is C37H79O3P. The first kappa shape index (κ1) is 43.4. The maximum absolute atomic E-state index is 9.58. The second kappa shape index (κ2) is 40.3. The van der Waals surface area contributed by atoms with Gasteiger partial charge in [-0.15, -0.1) is 0 Å². The van der Waals surface area contributed by atoms with Crippen molar-refractivity contribution in [3.8, 4) is 0 Å². The normalized spacial score (nSPS) is 12.1. The van der Waals surface area contributed by atoms with E-state index in [0.29, 0.717) is 6.61 Å². The molecule has 0 heterocycles. The Morgan fingerprint density at radius 2 is 0.659 bits per heavy atom. The zero-order valence-corrected chi connectivity index (χ0v) is 30.0. The van der Waals surface area contributed by atoms with E-state index in [1.807, 2.05) is 0 Å². The molecule has 0 aromatic rings. The third kappa shape index (κ3) is 38.3. The summed E-state index contributed by atoms with van der Waals surface area (Å²) >= 11 is 0. The Bertz CT molecular complexity index is 434. The van der Waals surface area contributed by atoms with Gasteiger partial charge in [0.1, 0.15) is 6.10 Å². The molecule has 2 atom stereocenters. The summed E-state index contributed by atoms with van der Waals surface area (Å²) in [5.74, 6) is 0. The van der Waals surface area contributed by atoms with Gasteiger partial charge in [-0.25, -0.2) is 0 Å². The highest BCUT2D eigenvalue weighted by Crippen LogP contribution is 2.15. The van der Waals surface area contributed by atoms with Crippen LogP contribution < -0.4 is 0 Å². The van der Waals surface area contributed by atoms with Gasteiger partial charge in [0.2, 0.25) is 0 Å². The van der Waals surface area contributed by atoms with Gasteiger partial charge in [0.05, 0.1) is 13.2 Å². The van der Waals surface area contributed by atoms with Crippen molar-refractivity contribution in [2.75, 3.05) is 26.4 Å². The molecule has 41 heavy (non-hydrogen) atoms. The van der Waals surface area contributed by atoms with Crippen LogP contribution in [0.25, 0.3) is 0 Å². The number of hydrogen-bond acceptors (Lipinski definition) is 3. The molecule has 0 fully saturated rings. The van der Waals surface area contributed by atoms with Crippen LogP contribution in [0.5, 0.6) is 0 Å². The van der Waals surface area contributed by atoms with Crippen LogP contribution in [0.2, 0.25) is 0 Å². The average molecular weight is 603 g/mol. The molecule has 0 saturated carbocycles. The maximum Gasteiger partial charge on any atom is 0.104 e. The first-order valence-corrected chi connectivity index (χ1v) is 18.6. The Balaban J connectivity index is 0. The summed E-state index contributed by atoms with van der Waals surface area (Å²) in [5, 5.41) is 9.58. The molecule has 0 aliphatic carbocycles. The van der Waals surface area contributed by atoms with E-state index in [9.17, 15) is 5.11 Å². The largest absolute Gasteiger partial charge is 0.394 e. The Labute approximate surface area is 263 Å². The number of aliphatic hydroxyl groups excluding tert-OH is 1. The van der Waals surface area contributed by atoms with E-state index in [2.05, 4.69) is 13.8 Å². The molecule has 0 bridgehead atoms. The van der Waals surface area contributed by atoms with Crippen molar-refractivity contribution in [2.45, 2.75) is 213 Å². The number of rotatable bonds is 36. The van der Waals surface area contributed by atoms with Crippen molar-refractivity contribution in [1.82, 2.24) is 0 Å². The lowest BCUT2D eigenvalue weighted by molar-refractivity contribution is -0.0437. The second-order valence-electron chi connectivity index (χ2n) is 12.6. The fraction of sp³-hybridized carbons (Fsp3) is 1.00. The topological polar surface area (TPSA) is 38.7 Å². The van der Waals surface area contributed by atoms with Crippen LogP contribution in [-0.4, -0.2) is 37.6 Å². The number of unbranched alkanes of at least 4 members (excludes halogenated alkanes) is 28. The smallest absolute Gasteiger partial charge is 0.104 e. The highest BCUT2D eigenvalue weighted by atomic mass is 31.0. The minimum Gasteiger partial charge on any atom is -0.394 e. The molecule has 2 unspecified atom stereocenters. The van der Waals surface area contributed by atoms with E-state index in [4.69, 9.17) is 9.47 Å². The molecule has 0 amide bonds. The van der Waals surface area contributed by atoms with Crippen LogP contribution in [0.1, 0.15) is 206 Å². The molecule has 0 spiro atoms. The molecule has 0 rings (SSSR count). The van der Waals surface area contributed by atoms with Gasteiger partial charge in [-0.2, -0.15) is 9.90 Å². The lowest BCUT2D eigenvalue weighted by Gasteiger charge is -2.15. The molecule has 0 aliphatic rings. The standard InChI is InChI=1S/C37H76O3.H3P/c1-3-5-7-9-11-13-15-17-19-20-22-24-26-28-30-32-34-40-37(35-38)36-39-33-31-29-27-25-23-21-18-16-14-12-10-8-6-4-2;/h37-38H,3-36H2,1-2H3;1H3. The molecule has 0 radical (unpaired) electrons. The molecule has 0 aromatic carbocycles. The summed E-state index contributed by atoms with van der Waals surface area (Å²) in [7, 11) is 0. The summed E-state index contributed by atoms with van der Waals surface area (Å²) in [6.45, 7) is 6.74. The van der Waals surface area contributed by atoms with Crippen molar-refractivity contribution in [2.24, 2.45) is 0 Å². The van der Waals surface area contributed by atoms with Crippen LogP contribution in [0.15, 0.2) is 0 Å². The van der Waals surface area contributed by atoms with Crippen molar-refractivity contribution in [3.05, 3.63) is 0 Å². The zero-order valence-electron chi connectivity index (χ0n) is 28.6. The fourth-order valence-electron chi connectivity index (χ4n) is 5.67. The predicted octanol–water partition coefficient (Wildman–Crippen LogP) is 12.2. The lowest BCUT2D eigenvalue weighted by atomic mass is 10.0. The van der Waals surface area contributed by atoms with Gasteiger partial charge in [0.15, 0.2) is 0 Å². The number of hydrogen-bond donors (Lipinski definition) is 1. The van der Waals surface area contributed by atoms with Gasteiger partial charge in [0.25, 0.3) is 0 Å². The van der Waals surface area contributed by atoms with Gasteiger partial charge < -0.3 is 14.6 Å². The monoisotopic (exact) mass is 603 g/mol. The minimum absolute atomic E-state index is 0. The SMILES string of the molecule is CCCCCCCCCCCCCCCCCCOC(CO)COCCCCCCCCCCCCCCCC.P. The molecule has 0 aliphatic heterocycles. The first-order chi connectivity index (χ1) is 19.8. The Morgan fingerprint density at radius 3 is 0.951 bits per heavy atom. The molecule has 0 aromatic heterocycles. The lowest BCUT2D eigenvalue weighted by Crippen LogP contribution is -2.24. The Kier molecular flexibility index (Phi) is 42.7. The predicted molar refractivity (Wildman–Crippen MR) is 189 cm³/mol. The second-order valence-corrected chi connectivity index (χ2v) is 12.6. The van der Waals surface area contributed by atoms with Crippen LogP contribution in [0, 0.1) is 0 Å². The molecule has 1 N–H and O–H groups in total. The zero-order chi connectivity index (χ0) is 29.0. The van der Waals surface area contributed by atoms with E-state index in [-0.39, 0.29) is 22.6 Å². The van der Waals surface area contributed by atoms with Gasteiger partial charge in [-0.05, 0) is 12.8 Å². The summed E-state index contributed by atoms with van der Waals surface area (Å²) < 4.78 is 11.7. The van der Waals surface area contributed by atoms with Crippen molar-refractivity contribution in [1.29, 1.82) is 0 Å². The van der Waals surface area contributed by atoms with Crippen LogP contribution in [0.4, 0.5) is 0 Å². The maximum atomic E-state index is 9.58. The number of ether oxygens (including phenoxy) is 2.